The number of hydrogen-bond acceptors (Lipinski definition) is 6. The third kappa shape index (κ3) is 5.00. The zero-order valence-corrected chi connectivity index (χ0v) is 15.1. The standard InChI is InChI=1S/C13H24N4O4S2/c1-3-22(18,19)8-7-16-10-12-5-6-14-17(12)13(11-16)9-15-23(20,21)4-2/h5-6,13,15H,3-4,7-11H2,1-2H3/t13-/m0/s1. The molecule has 8 nitrogen and oxygen atoms in total. The molecule has 0 aliphatic carbocycles. The number of nitrogens with one attached hydrogen (secondary N) is 1. The molecule has 1 aromatic rings. The summed E-state index contributed by atoms with van der Waals surface area (Å²) in [5.74, 6) is 0.285. The van der Waals surface area contributed by atoms with E-state index in [4.69, 9.17) is 0 Å². The predicted molar refractivity (Wildman–Crippen MR) is 88.3 cm³/mol. The highest BCUT2D eigenvalue weighted by atomic mass is 32.2. The number of fused-ring (bicyclic) bond motifs is 1. The van der Waals surface area contributed by atoms with Gasteiger partial charge >= 0.3 is 0 Å². The maximum Gasteiger partial charge on any atom is 0.211 e. The van der Waals surface area contributed by atoms with Gasteiger partial charge in [0.15, 0.2) is 9.84 Å². The summed E-state index contributed by atoms with van der Waals surface area (Å²) in [6.07, 6.45) is 1.68. The van der Waals surface area contributed by atoms with Crippen LogP contribution in [0.15, 0.2) is 12.3 Å². The number of sulfonamides is 1. The van der Waals surface area contributed by atoms with E-state index in [1.54, 1.807) is 20.0 Å². The summed E-state index contributed by atoms with van der Waals surface area (Å²) in [5, 5.41) is 4.26. The van der Waals surface area contributed by atoms with Crippen molar-refractivity contribution in [1.29, 1.82) is 0 Å². The fourth-order valence-corrected chi connectivity index (χ4v) is 4.00. The van der Waals surface area contributed by atoms with E-state index in [9.17, 15) is 16.8 Å². The smallest absolute Gasteiger partial charge is 0.211 e. The average molecular weight is 364 g/mol. The highest BCUT2D eigenvalue weighted by molar-refractivity contribution is 7.91. The molecule has 0 saturated heterocycles. The molecule has 132 valence electrons. The molecule has 0 bridgehead atoms. The van der Waals surface area contributed by atoms with Crippen LogP contribution in [-0.4, -0.2) is 68.4 Å². The van der Waals surface area contributed by atoms with Crippen molar-refractivity contribution in [2.75, 3.05) is 36.9 Å². The van der Waals surface area contributed by atoms with E-state index in [2.05, 4.69) is 9.82 Å². The summed E-state index contributed by atoms with van der Waals surface area (Å²) < 4.78 is 51.0. The fraction of sp³-hybridized carbons (Fsp3) is 0.769. The minimum absolute atomic E-state index is 0.0319. The Balaban J connectivity index is 2.05. The molecular formula is C13H24N4O4S2. The Morgan fingerprint density at radius 3 is 2.65 bits per heavy atom. The highest BCUT2D eigenvalue weighted by Crippen LogP contribution is 2.19. The zero-order chi connectivity index (χ0) is 17.1. The first-order valence-corrected chi connectivity index (χ1v) is 11.2. The molecule has 0 fully saturated rings. The van der Waals surface area contributed by atoms with Crippen LogP contribution in [0.3, 0.4) is 0 Å². The first-order chi connectivity index (χ1) is 10.8. The Kier molecular flexibility index (Phi) is 5.82. The molecule has 0 radical (unpaired) electrons. The summed E-state index contributed by atoms with van der Waals surface area (Å²) in [6, 6.07) is 1.74. The van der Waals surface area contributed by atoms with Crippen molar-refractivity contribution in [3.8, 4) is 0 Å². The quantitative estimate of drug-likeness (QED) is 0.674. The van der Waals surface area contributed by atoms with E-state index in [-0.39, 0.29) is 29.8 Å². The molecule has 2 heterocycles. The van der Waals surface area contributed by atoms with E-state index in [0.29, 0.717) is 19.6 Å². The van der Waals surface area contributed by atoms with E-state index in [0.717, 1.165) is 5.69 Å². The van der Waals surface area contributed by atoms with Gasteiger partial charge in [-0.25, -0.2) is 21.6 Å². The lowest BCUT2D eigenvalue weighted by Crippen LogP contribution is -2.44. The Labute approximate surface area is 137 Å². The van der Waals surface area contributed by atoms with Gasteiger partial charge in [-0.05, 0) is 13.0 Å². The number of hydrogen-bond donors (Lipinski definition) is 1. The largest absolute Gasteiger partial charge is 0.294 e. The third-order valence-electron chi connectivity index (χ3n) is 4.03. The number of aromatic nitrogens is 2. The van der Waals surface area contributed by atoms with Gasteiger partial charge in [-0.3, -0.25) is 9.58 Å². The molecule has 1 aliphatic rings. The first-order valence-electron chi connectivity index (χ1n) is 7.69. The van der Waals surface area contributed by atoms with Crippen LogP contribution in [0.5, 0.6) is 0 Å². The Morgan fingerprint density at radius 2 is 2.00 bits per heavy atom. The van der Waals surface area contributed by atoms with Gasteiger partial charge in [0, 0.05) is 38.1 Å². The lowest BCUT2D eigenvalue weighted by atomic mass is 10.2. The van der Waals surface area contributed by atoms with E-state index < -0.39 is 19.9 Å². The highest BCUT2D eigenvalue weighted by Gasteiger charge is 2.27. The maximum atomic E-state index is 11.7. The van der Waals surface area contributed by atoms with Gasteiger partial charge in [0.2, 0.25) is 10.0 Å². The molecule has 23 heavy (non-hydrogen) atoms. The van der Waals surface area contributed by atoms with Crippen LogP contribution in [0.1, 0.15) is 25.6 Å². The number of nitrogens with zero attached hydrogens (tertiary/aromatic N) is 3. The second-order valence-corrected chi connectivity index (χ2v) is 10.2. The van der Waals surface area contributed by atoms with Gasteiger partial charge in [-0.1, -0.05) is 6.92 Å². The Hall–Kier alpha value is -0.970. The Bertz CT molecular complexity index is 727. The van der Waals surface area contributed by atoms with Crippen molar-refractivity contribution in [1.82, 2.24) is 19.4 Å². The SMILES string of the molecule is CCS(=O)(=O)CCN1Cc2ccnn2[C@@H](CNS(=O)(=O)CC)C1. The molecule has 10 heteroatoms. The van der Waals surface area contributed by atoms with Gasteiger partial charge in [-0.15, -0.1) is 0 Å². The molecule has 0 amide bonds. The van der Waals surface area contributed by atoms with Crippen molar-refractivity contribution in [3.63, 3.8) is 0 Å². The van der Waals surface area contributed by atoms with Crippen LogP contribution in [0, 0.1) is 0 Å². The minimum Gasteiger partial charge on any atom is -0.294 e. The molecule has 1 aliphatic heterocycles. The second-order valence-electron chi connectivity index (χ2n) is 5.64. The number of sulfone groups is 1. The van der Waals surface area contributed by atoms with E-state index in [1.165, 1.54) is 0 Å². The first kappa shape index (κ1) is 18.4. The average Bonchev–Trinajstić information content (AvgIpc) is 2.99. The fourth-order valence-electron chi connectivity index (χ4n) is 2.52. The third-order valence-corrected chi connectivity index (χ3v) is 7.08. The van der Waals surface area contributed by atoms with Crippen molar-refractivity contribution >= 4 is 19.9 Å². The van der Waals surface area contributed by atoms with E-state index >= 15 is 0 Å². The van der Waals surface area contributed by atoms with E-state index in [1.807, 2.05) is 15.6 Å². The van der Waals surface area contributed by atoms with Crippen LogP contribution >= 0.6 is 0 Å². The predicted octanol–water partition coefficient (Wildman–Crippen LogP) is -0.386. The van der Waals surface area contributed by atoms with Crippen LogP contribution in [0.2, 0.25) is 0 Å². The molecular weight excluding hydrogens is 340 g/mol. The normalized spacial score (nSPS) is 19.7. The lowest BCUT2D eigenvalue weighted by Gasteiger charge is -2.33. The summed E-state index contributed by atoms with van der Waals surface area (Å²) in [5.41, 5.74) is 0.964. The minimum atomic E-state index is -3.27. The molecule has 0 unspecified atom stereocenters. The summed E-state index contributed by atoms with van der Waals surface area (Å²) in [7, 11) is -6.28. The van der Waals surface area contributed by atoms with Crippen molar-refractivity contribution < 1.29 is 16.8 Å². The van der Waals surface area contributed by atoms with Crippen LogP contribution in [-0.2, 0) is 26.4 Å². The molecule has 0 aromatic carbocycles. The van der Waals surface area contributed by atoms with Crippen LogP contribution < -0.4 is 4.72 Å². The monoisotopic (exact) mass is 364 g/mol. The molecule has 2 rings (SSSR count). The topological polar surface area (TPSA) is 101 Å². The van der Waals surface area contributed by atoms with Crippen molar-refractivity contribution in [2.24, 2.45) is 0 Å². The van der Waals surface area contributed by atoms with Gasteiger partial charge in [0.1, 0.15) is 0 Å². The molecule has 1 atom stereocenters. The summed E-state index contributed by atoms with van der Waals surface area (Å²) >= 11 is 0. The molecule has 0 saturated carbocycles. The van der Waals surface area contributed by atoms with Gasteiger partial charge in [0.05, 0.1) is 23.2 Å². The zero-order valence-electron chi connectivity index (χ0n) is 13.5. The van der Waals surface area contributed by atoms with Gasteiger partial charge in [-0.2, -0.15) is 5.10 Å². The maximum absolute atomic E-state index is 11.7. The summed E-state index contributed by atoms with van der Waals surface area (Å²) in [6.45, 7) is 5.12. The van der Waals surface area contributed by atoms with Crippen LogP contribution in [0.25, 0.3) is 0 Å². The molecule has 1 aromatic heterocycles. The second kappa shape index (κ2) is 7.29. The Morgan fingerprint density at radius 1 is 1.26 bits per heavy atom. The van der Waals surface area contributed by atoms with Gasteiger partial charge < -0.3 is 0 Å². The lowest BCUT2D eigenvalue weighted by molar-refractivity contribution is 0.184. The number of rotatable bonds is 8. The molecule has 0 spiro atoms. The summed E-state index contributed by atoms with van der Waals surface area (Å²) in [4.78, 5) is 2.04. The molecule has 1 N–H and O–H groups in total. The van der Waals surface area contributed by atoms with Crippen LogP contribution in [0.4, 0.5) is 0 Å². The van der Waals surface area contributed by atoms with Gasteiger partial charge in [0.25, 0.3) is 0 Å². The van der Waals surface area contributed by atoms with Crippen molar-refractivity contribution in [2.45, 2.75) is 26.4 Å². The van der Waals surface area contributed by atoms with Crippen molar-refractivity contribution in [3.05, 3.63) is 18.0 Å².